The molecule has 138 valence electrons. The minimum atomic E-state index is -0.687. The van der Waals surface area contributed by atoms with Gasteiger partial charge in [0, 0.05) is 30.2 Å². The van der Waals surface area contributed by atoms with E-state index in [-0.39, 0.29) is 0 Å². The Labute approximate surface area is 155 Å². The van der Waals surface area contributed by atoms with Crippen LogP contribution in [-0.4, -0.2) is 24.9 Å². The van der Waals surface area contributed by atoms with Crippen molar-refractivity contribution in [3.63, 3.8) is 0 Å². The number of nitrogens with one attached hydrogen (secondary N) is 2. The first-order valence-corrected chi connectivity index (χ1v) is 9.01. The molecule has 5 nitrogen and oxygen atoms in total. The van der Waals surface area contributed by atoms with E-state index in [4.69, 9.17) is 0 Å². The molecule has 2 aromatic carbocycles. The Hall–Kier alpha value is -2.82. The molecule has 0 aromatic heterocycles. The van der Waals surface area contributed by atoms with E-state index in [1.807, 2.05) is 24.3 Å². The second kappa shape index (κ2) is 9.04. The molecule has 2 aromatic rings. The predicted molar refractivity (Wildman–Crippen MR) is 108 cm³/mol. The molecule has 2 rings (SSSR count). The molecule has 0 radical (unpaired) electrons. The smallest absolute Gasteiger partial charge is 0.314 e. The molecule has 0 spiro atoms. The third kappa shape index (κ3) is 5.09. The summed E-state index contributed by atoms with van der Waals surface area (Å²) >= 11 is 0. The van der Waals surface area contributed by atoms with Crippen molar-refractivity contribution in [3.05, 3.63) is 54.1 Å². The number of rotatable bonds is 6. The van der Waals surface area contributed by atoms with Crippen LogP contribution in [0, 0.1) is 0 Å². The molecular weight excluding hydrogens is 326 g/mol. The van der Waals surface area contributed by atoms with Crippen molar-refractivity contribution in [2.24, 2.45) is 0 Å². The molecule has 5 heteroatoms. The Kier molecular flexibility index (Phi) is 6.78. The third-order valence-corrected chi connectivity index (χ3v) is 4.30. The first-order chi connectivity index (χ1) is 12.4. The van der Waals surface area contributed by atoms with Gasteiger partial charge in [0.1, 0.15) is 0 Å². The molecule has 26 heavy (non-hydrogen) atoms. The number of hydrogen-bond acceptors (Lipinski definition) is 3. The van der Waals surface area contributed by atoms with Gasteiger partial charge in [0.05, 0.1) is 0 Å². The van der Waals surface area contributed by atoms with Gasteiger partial charge in [-0.1, -0.05) is 26.0 Å². The van der Waals surface area contributed by atoms with Crippen LogP contribution in [0.4, 0.5) is 17.1 Å². The van der Waals surface area contributed by atoms with Crippen LogP contribution in [0.3, 0.4) is 0 Å². The van der Waals surface area contributed by atoms with Crippen molar-refractivity contribution in [2.45, 2.75) is 33.6 Å². The summed E-state index contributed by atoms with van der Waals surface area (Å²) in [6.07, 6.45) is 0. The zero-order chi connectivity index (χ0) is 19.1. The van der Waals surface area contributed by atoms with E-state index >= 15 is 0 Å². The standard InChI is InChI=1S/C21H27N3O2/c1-5-24(6-2)19-13-11-18(12-14-19)23-21(26)20(25)22-17-9-7-16(8-10-17)15(3)4/h7-15H,5-6H2,1-4H3,(H,22,25)(H,23,26). The Morgan fingerprint density at radius 2 is 1.23 bits per heavy atom. The molecule has 0 aliphatic heterocycles. The average Bonchev–Trinajstić information content (AvgIpc) is 2.64. The molecule has 2 amide bonds. The van der Waals surface area contributed by atoms with Crippen LogP contribution >= 0.6 is 0 Å². The van der Waals surface area contributed by atoms with Gasteiger partial charge in [-0.25, -0.2) is 0 Å². The summed E-state index contributed by atoms with van der Waals surface area (Å²) < 4.78 is 0. The molecule has 0 atom stereocenters. The highest BCUT2D eigenvalue weighted by Crippen LogP contribution is 2.19. The van der Waals surface area contributed by atoms with Gasteiger partial charge >= 0.3 is 11.8 Å². The van der Waals surface area contributed by atoms with Gasteiger partial charge < -0.3 is 15.5 Å². The normalized spacial score (nSPS) is 10.5. The molecule has 0 aliphatic carbocycles. The van der Waals surface area contributed by atoms with E-state index < -0.39 is 11.8 Å². The quantitative estimate of drug-likeness (QED) is 0.764. The number of carbonyl (C=O) groups excluding carboxylic acids is 2. The van der Waals surface area contributed by atoms with Gasteiger partial charge in [-0.2, -0.15) is 0 Å². The lowest BCUT2D eigenvalue weighted by Crippen LogP contribution is -2.29. The minimum Gasteiger partial charge on any atom is -0.372 e. The summed E-state index contributed by atoms with van der Waals surface area (Å²) in [5.74, 6) is -0.953. The van der Waals surface area contributed by atoms with Crippen LogP contribution in [0.25, 0.3) is 0 Å². The van der Waals surface area contributed by atoms with E-state index in [0.29, 0.717) is 17.3 Å². The third-order valence-electron chi connectivity index (χ3n) is 4.30. The topological polar surface area (TPSA) is 61.4 Å². The van der Waals surface area contributed by atoms with E-state index in [1.54, 1.807) is 24.3 Å². The van der Waals surface area contributed by atoms with Crippen molar-refractivity contribution in [1.29, 1.82) is 0 Å². The second-order valence-corrected chi connectivity index (χ2v) is 6.40. The van der Waals surface area contributed by atoms with Crippen molar-refractivity contribution >= 4 is 28.9 Å². The molecule has 2 N–H and O–H groups in total. The van der Waals surface area contributed by atoms with E-state index in [1.165, 1.54) is 5.56 Å². The van der Waals surface area contributed by atoms with Crippen LogP contribution in [0.1, 0.15) is 39.2 Å². The highest BCUT2D eigenvalue weighted by molar-refractivity contribution is 6.43. The van der Waals surface area contributed by atoms with Gasteiger partial charge in [0.15, 0.2) is 0 Å². The lowest BCUT2D eigenvalue weighted by molar-refractivity contribution is -0.132. The van der Waals surface area contributed by atoms with E-state index in [0.717, 1.165) is 18.8 Å². The zero-order valence-electron chi connectivity index (χ0n) is 15.9. The van der Waals surface area contributed by atoms with Crippen LogP contribution in [-0.2, 0) is 9.59 Å². The summed E-state index contributed by atoms with van der Waals surface area (Å²) in [5.41, 5.74) is 3.46. The summed E-state index contributed by atoms with van der Waals surface area (Å²) in [6, 6.07) is 15.0. The number of carbonyl (C=O) groups is 2. The van der Waals surface area contributed by atoms with E-state index in [2.05, 4.69) is 43.2 Å². The Balaban J connectivity index is 1.95. The minimum absolute atomic E-state index is 0.419. The molecule has 0 saturated carbocycles. The molecule has 0 saturated heterocycles. The Bertz CT molecular complexity index is 733. The Morgan fingerprint density at radius 1 is 0.808 bits per heavy atom. The highest BCUT2D eigenvalue weighted by Gasteiger charge is 2.14. The van der Waals surface area contributed by atoms with Crippen LogP contribution in [0.15, 0.2) is 48.5 Å². The second-order valence-electron chi connectivity index (χ2n) is 6.40. The predicted octanol–water partition coefficient (Wildman–Crippen LogP) is 4.23. The summed E-state index contributed by atoms with van der Waals surface area (Å²) in [7, 11) is 0. The molecule has 0 unspecified atom stereocenters. The van der Waals surface area contributed by atoms with Gasteiger partial charge in [0.25, 0.3) is 0 Å². The van der Waals surface area contributed by atoms with Crippen LogP contribution < -0.4 is 15.5 Å². The maximum atomic E-state index is 12.1. The fraction of sp³-hybridized carbons (Fsp3) is 0.333. The maximum absolute atomic E-state index is 12.1. The van der Waals surface area contributed by atoms with Crippen molar-refractivity contribution < 1.29 is 9.59 Å². The first-order valence-electron chi connectivity index (χ1n) is 9.01. The molecular formula is C21H27N3O2. The SMILES string of the molecule is CCN(CC)c1ccc(NC(=O)C(=O)Nc2ccc(C(C)C)cc2)cc1. The zero-order valence-corrected chi connectivity index (χ0v) is 15.9. The van der Waals surface area contributed by atoms with Gasteiger partial charge in [-0.3, -0.25) is 9.59 Å². The molecule has 0 aliphatic rings. The summed E-state index contributed by atoms with van der Waals surface area (Å²) in [4.78, 5) is 26.4. The van der Waals surface area contributed by atoms with Gasteiger partial charge in [-0.05, 0) is 61.7 Å². The molecule has 0 heterocycles. The van der Waals surface area contributed by atoms with Crippen molar-refractivity contribution in [3.8, 4) is 0 Å². The average molecular weight is 353 g/mol. The first kappa shape index (κ1) is 19.5. The number of amides is 2. The summed E-state index contributed by atoms with van der Waals surface area (Å²) in [5, 5.41) is 5.24. The number of hydrogen-bond donors (Lipinski definition) is 2. The number of nitrogens with zero attached hydrogens (tertiary/aromatic N) is 1. The van der Waals surface area contributed by atoms with Gasteiger partial charge in [-0.15, -0.1) is 0 Å². The van der Waals surface area contributed by atoms with E-state index in [9.17, 15) is 9.59 Å². The molecule has 0 fully saturated rings. The largest absolute Gasteiger partial charge is 0.372 e. The maximum Gasteiger partial charge on any atom is 0.314 e. The highest BCUT2D eigenvalue weighted by atomic mass is 16.2. The summed E-state index contributed by atoms with van der Waals surface area (Å²) in [6.45, 7) is 10.2. The van der Waals surface area contributed by atoms with Crippen LogP contribution in [0.2, 0.25) is 0 Å². The lowest BCUT2D eigenvalue weighted by Gasteiger charge is -2.21. The number of anilines is 3. The fourth-order valence-corrected chi connectivity index (χ4v) is 2.67. The molecule has 0 bridgehead atoms. The van der Waals surface area contributed by atoms with Crippen LogP contribution in [0.5, 0.6) is 0 Å². The Morgan fingerprint density at radius 3 is 1.62 bits per heavy atom. The number of benzene rings is 2. The monoisotopic (exact) mass is 353 g/mol. The van der Waals surface area contributed by atoms with Crippen molar-refractivity contribution in [1.82, 2.24) is 0 Å². The van der Waals surface area contributed by atoms with Crippen molar-refractivity contribution in [2.75, 3.05) is 28.6 Å². The fourth-order valence-electron chi connectivity index (χ4n) is 2.67. The lowest BCUT2D eigenvalue weighted by atomic mass is 10.0. The van der Waals surface area contributed by atoms with Gasteiger partial charge in [0.2, 0.25) is 0 Å².